The summed E-state index contributed by atoms with van der Waals surface area (Å²) in [6.45, 7) is 1.44. The molecule has 0 radical (unpaired) electrons. The normalized spacial score (nSPS) is 23.1. The number of alkyl halides is 6. The van der Waals surface area contributed by atoms with E-state index in [1.165, 1.54) is 6.92 Å². The van der Waals surface area contributed by atoms with Crippen molar-refractivity contribution in [1.82, 2.24) is 0 Å². The van der Waals surface area contributed by atoms with Crippen molar-refractivity contribution >= 4 is 22.1 Å². The summed E-state index contributed by atoms with van der Waals surface area (Å²) in [4.78, 5) is 24.9. The van der Waals surface area contributed by atoms with Crippen molar-refractivity contribution in [2.75, 3.05) is 5.75 Å². The van der Waals surface area contributed by atoms with E-state index >= 15 is 0 Å². The van der Waals surface area contributed by atoms with Gasteiger partial charge < -0.3 is 9.47 Å². The largest absolute Gasteiger partial charge is 0.438 e. The molecule has 34 heavy (non-hydrogen) atoms. The van der Waals surface area contributed by atoms with Crippen LogP contribution in [0.2, 0.25) is 0 Å². The maximum Gasteiger partial charge on any atom is 0.438 e. The maximum absolute atomic E-state index is 13.4. The third-order valence-electron chi connectivity index (χ3n) is 6.24. The quantitative estimate of drug-likeness (QED) is 0.260. The molecular formula is C20H20F6O7S. The second-order valence-electron chi connectivity index (χ2n) is 8.62. The number of benzene rings is 1. The van der Waals surface area contributed by atoms with Crippen LogP contribution in [0.3, 0.4) is 0 Å². The summed E-state index contributed by atoms with van der Waals surface area (Å²) in [6.07, 6.45) is -9.56. The first-order chi connectivity index (χ1) is 15.4. The molecule has 190 valence electrons. The number of halogens is 6. The number of rotatable bonds is 6. The number of hydrogen-bond donors (Lipinski definition) is 1. The molecule has 3 unspecified atom stereocenters. The molecule has 0 amide bonds. The highest BCUT2D eigenvalue weighted by Crippen LogP contribution is 2.49. The summed E-state index contributed by atoms with van der Waals surface area (Å²) in [6, 6.07) is 2.69. The minimum absolute atomic E-state index is 0.130. The Hall–Kier alpha value is -2.35. The highest BCUT2D eigenvalue weighted by atomic mass is 32.2. The Balaban J connectivity index is 1.88. The molecular weight excluding hydrogens is 498 g/mol. The first-order valence-corrected chi connectivity index (χ1v) is 11.7. The monoisotopic (exact) mass is 518 g/mol. The second-order valence-corrected chi connectivity index (χ2v) is 10.1. The fourth-order valence-electron chi connectivity index (χ4n) is 4.50. The lowest BCUT2D eigenvalue weighted by atomic mass is 9.89. The van der Waals surface area contributed by atoms with Crippen LogP contribution in [0.5, 0.6) is 5.75 Å². The summed E-state index contributed by atoms with van der Waals surface area (Å²) >= 11 is 0. The van der Waals surface area contributed by atoms with Crippen molar-refractivity contribution in [3.8, 4) is 5.75 Å². The van der Waals surface area contributed by atoms with Crippen LogP contribution in [-0.4, -0.2) is 48.6 Å². The number of ether oxygens (including phenoxy) is 2. The van der Waals surface area contributed by atoms with Crippen molar-refractivity contribution in [2.24, 2.45) is 17.8 Å². The van der Waals surface area contributed by atoms with Crippen LogP contribution in [0, 0.1) is 24.7 Å². The van der Waals surface area contributed by atoms with E-state index in [1.807, 2.05) is 0 Å². The molecule has 0 aromatic heterocycles. The van der Waals surface area contributed by atoms with Gasteiger partial charge >= 0.3 is 29.9 Å². The molecule has 0 saturated heterocycles. The fraction of sp³-hybridized carbons (Fsp3) is 0.600. The molecule has 0 aliphatic heterocycles. The first kappa shape index (κ1) is 26.3. The van der Waals surface area contributed by atoms with Gasteiger partial charge in [-0.3, -0.25) is 9.35 Å². The molecule has 0 heterocycles. The van der Waals surface area contributed by atoms with Gasteiger partial charge in [-0.2, -0.15) is 34.8 Å². The van der Waals surface area contributed by atoms with Gasteiger partial charge in [0, 0.05) is 0 Å². The first-order valence-electron chi connectivity index (χ1n) is 10.1. The SMILES string of the molecule is Cc1ccc(C(=O)OC(CS(=O)(=O)O)(C(F)(F)F)C(F)(F)F)cc1OC(=O)C1CC2CCC1C2. The van der Waals surface area contributed by atoms with Crippen molar-refractivity contribution < 1.29 is 58.4 Å². The number of carbonyl (C=O) groups excluding carboxylic acids is 2. The molecule has 2 saturated carbocycles. The number of aryl methyl sites for hydroxylation is 1. The van der Waals surface area contributed by atoms with E-state index in [0.29, 0.717) is 12.3 Å². The van der Waals surface area contributed by atoms with E-state index in [4.69, 9.17) is 9.29 Å². The summed E-state index contributed by atoms with van der Waals surface area (Å²) in [5.41, 5.74) is -6.12. The molecule has 7 nitrogen and oxygen atoms in total. The average Bonchev–Trinajstić information content (AvgIpc) is 3.29. The van der Waals surface area contributed by atoms with Crippen molar-refractivity contribution in [1.29, 1.82) is 0 Å². The molecule has 2 bridgehead atoms. The molecule has 1 aromatic carbocycles. The van der Waals surface area contributed by atoms with Crippen LogP contribution in [0.1, 0.15) is 41.6 Å². The van der Waals surface area contributed by atoms with E-state index in [1.54, 1.807) is 0 Å². The number of carbonyl (C=O) groups is 2. The highest BCUT2D eigenvalue weighted by molar-refractivity contribution is 7.85. The van der Waals surface area contributed by atoms with Crippen LogP contribution in [0.25, 0.3) is 0 Å². The maximum atomic E-state index is 13.4. The molecule has 2 fully saturated rings. The Morgan fingerprint density at radius 1 is 1.06 bits per heavy atom. The Labute approximate surface area is 190 Å². The predicted octanol–water partition coefficient (Wildman–Crippen LogP) is 4.24. The lowest BCUT2D eigenvalue weighted by molar-refractivity contribution is -0.356. The Morgan fingerprint density at radius 2 is 1.68 bits per heavy atom. The number of esters is 2. The van der Waals surface area contributed by atoms with Gasteiger partial charge in [-0.1, -0.05) is 12.5 Å². The van der Waals surface area contributed by atoms with Crippen molar-refractivity contribution in [2.45, 2.75) is 50.6 Å². The third-order valence-corrected chi connectivity index (χ3v) is 7.01. The zero-order valence-corrected chi connectivity index (χ0v) is 18.4. The van der Waals surface area contributed by atoms with Crippen LogP contribution in [0.4, 0.5) is 26.3 Å². The molecule has 1 N–H and O–H groups in total. The van der Waals surface area contributed by atoms with Gasteiger partial charge in [0.05, 0.1) is 11.5 Å². The lowest BCUT2D eigenvalue weighted by Crippen LogP contribution is -2.63. The van der Waals surface area contributed by atoms with E-state index in [0.717, 1.165) is 37.5 Å². The minimum Gasteiger partial charge on any atom is -0.435 e. The van der Waals surface area contributed by atoms with E-state index in [2.05, 4.69) is 4.74 Å². The van der Waals surface area contributed by atoms with Gasteiger partial charge in [0.2, 0.25) is 0 Å². The Morgan fingerprint density at radius 3 is 2.15 bits per heavy atom. The molecule has 2 aliphatic carbocycles. The van der Waals surface area contributed by atoms with Gasteiger partial charge in [-0.05, 0) is 55.7 Å². The van der Waals surface area contributed by atoms with E-state index < -0.39 is 57.2 Å². The summed E-state index contributed by atoms with van der Waals surface area (Å²) in [5, 5.41) is 0. The zero-order valence-electron chi connectivity index (χ0n) is 17.6. The highest BCUT2D eigenvalue weighted by Gasteiger charge is 2.76. The summed E-state index contributed by atoms with van der Waals surface area (Å²) < 4.78 is 120. The smallest absolute Gasteiger partial charge is 0.435 e. The number of fused-ring (bicyclic) bond motifs is 2. The fourth-order valence-corrected chi connectivity index (χ4v) is 5.40. The standard InChI is InChI=1S/C20H20F6O7S/c1-10-2-4-13(8-15(10)32-17(28)14-7-11-3-5-12(14)6-11)16(27)33-18(19(21,22)23,20(24,25)26)9-34(29,30)31/h2,4,8,11-12,14H,3,5-7,9H2,1H3,(H,29,30,31). The lowest BCUT2D eigenvalue weighted by Gasteiger charge is -2.35. The molecule has 3 rings (SSSR count). The molecule has 2 aliphatic rings. The minimum atomic E-state index is -6.45. The molecule has 1 aromatic rings. The van der Waals surface area contributed by atoms with Gasteiger partial charge in [-0.15, -0.1) is 0 Å². The van der Waals surface area contributed by atoms with Crippen molar-refractivity contribution in [3.05, 3.63) is 29.3 Å². The van der Waals surface area contributed by atoms with Crippen LogP contribution in [-0.2, 0) is 19.6 Å². The third kappa shape index (κ3) is 5.16. The number of hydrogen-bond acceptors (Lipinski definition) is 6. The van der Waals surface area contributed by atoms with Gasteiger partial charge in [0.15, 0.2) is 0 Å². The molecule has 0 spiro atoms. The predicted molar refractivity (Wildman–Crippen MR) is 102 cm³/mol. The Bertz CT molecular complexity index is 1070. The van der Waals surface area contributed by atoms with Crippen LogP contribution >= 0.6 is 0 Å². The molecule has 14 heteroatoms. The zero-order chi connectivity index (χ0) is 25.7. The van der Waals surface area contributed by atoms with Crippen LogP contribution < -0.4 is 4.74 Å². The Kier molecular flexibility index (Phi) is 6.72. The summed E-state index contributed by atoms with van der Waals surface area (Å²) in [5.74, 6) is -5.93. The van der Waals surface area contributed by atoms with Gasteiger partial charge in [-0.25, -0.2) is 4.79 Å². The topological polar surface area (TPSA) is 107 Å². The van der Waals surface area contributed by atoms with Gasteiger partial charge in [0.25, 0.3) is 10.1 Å². The van der Waals surface area contributed by atoms with Crippen molar-refractivity contribution in [3.63, 3.8) is 0 Å². The van der Waals surface area contributed by atoms with E-state index in [-0.39, 0.29) is 17.2 Å². The summed E-state index contributed by atoms with van der Waals surface area (Å²) in [7, 11) is -5.91. The second kappa shape index (κ2) is 8.70. The molecule has 3 atom stereocenters. The average molecular weight is 518 g/mol. The van der Waals surface area contributed by atoms with Gasteiger partial charge in [0.1, 0.15) is 11.5 Å². The van der Waals surface area contributed by atoms with E-state index in [9.17, 15) is 44.3 Å². The van der Waals surface area contributed by atoms with Crippen LogP contribution in [0.15, 0.2) is 18.2 Å².